The number of nitrogens with one attached hydrogen (secondary N) is 3. The fraction of sp³-hybridized carbons (Fsp3) is 0.476. The van der Waals surface area contributed by atoms with Gasteiger partial charge in [-0.15, -0.1) is 0 Å². The van der Waals surface area contributed by atoms with E-state index in [1.54, 1.807) is 0 Å². The highest BCUT2D eigenvalue weighted by molar-refractivity contribution is 5.79. The van der Waals surface area contributed by atoms with Crippen molar-refractivity contribution in [3.05, 3.63) is 48.3 Å². The van der Waals surface area contributed by atoms with E-state index in [0.717, 1.165) is 30.2 Å². The Hall–Kier alpha value is -3.03. The van der Waals surface area contributed by atoms with E-state index in [1.165, 1.54) is 0 Å². The predicted octanol–water partition coefficient (Wildman–Crippen LogP) is 2.84. The molecule has 8 nitrogen and oxygen atoms in total. The SMILES string of the molecule is CCNC(=NCc1cnn(-c2ccccc2)c1)NCCCNC(=O)OC(C)(C)C. The molecule has 0 aliphatic carbocycles. The largest absolute Gasteiger partial charge is 0.444 e. The van der Waals surface area contributed by atoms with Crippen molar-refractivity contribution in [2.24, 2.45) is 4.99 Å². The number of guanidine groups is 1. The van der Waals surface area contributed by atoms with Gasteiger partial charge >= 0.3 is 6.09 Å². The molecule has 3 N–H and O–H groups in total. The summed E-state index contributed by atoms with van der Waals surface area (Å²) >= 11 is 0. The van der Waals surface area contributed by atoms with Gasteiger partial charge in [0.1, 0.15) is 5.60 Å². The fourth-order valence-corrected chi connectivity index (χ4v) is 2.48. The van der Waals surface area contributed by atoms with Crippen molar-refractivity contribution in [3.8, 4) is 5.69 Å². The van der Waals surface area contributed by atoms with Crippen LogP contribution >= 0.6 is 0 Å². The number of aliphatic imine (C=N–C) groups is 1. The van der Waals surface area contributed by atoms with E-state index >= 15 is 0 Å². The molecule has 0 aliphatic heterocycles. The Morgan fingerprint density at radius 2 is 1.86 bits per heavy atom. The summed E-state index contributed by atoms with van der Waals surface area (Å²) in [6.45, 7) is 10.1. The monoisotopic (exact) mass is 400 g/mol. The van der Waals surface area contributed by atoms with Gasteiger partial charge in [0.15, 0.2) is 5.96 Å². The predicted molar refractivity (Wildman–Crippen MR) is 115 cm³/mol. The van der Waals surface area contributed by atoms with Gasteiger partial charge in [-0.25, -0.2) is 14.5 Å². The summed E-state index contributed by atoms with van der Waals surface area (Å²) in [5, 5.41) is 13.6. The number of carbonyl (C=O) groups excluding carboxylic acids is 1. The smallest absolute Gasteiger partial charge is 0.407 e. The lowest BCUT2D eigenvalue weighted by atomic mass is 10.2. The minimum absolute atomic E-state index is 0.395. The van der Waals surface area contributed by atoms with Crippen molar-refractivity contribution in [3.63, 3.8) is 0 Å². The van der Waals surface area contributed by atoms with E-state index in [2.05, 4.69) is 26.0 Å². The maximum absolute atomic E-state index is 11.6. The molecule has 0 saturated heterocycles. The van der Waals surface area contributed by atoms with E-state index in [-0.39, 0.29) is 0 Å². The first kappa shape index (κ1) is 22.3. The molecule has 1 aromatic carbocycles. The van der Waals surface area contributed by atoms with Gasteiger partial charge < -0.3 is 20.7 Å². The van der Waals surface area contributed by atoms with Crippen molar-refractivity contribution in [2.75, 3.05) is 19.6 Å². The van der Waals surface area contributed by atoms with Crippen LogP contribution in [-0.4, -0.2) is 47.1 Å². The number of alkyl carbamates (subject to hydrolysis) is 1. The van der Waals surface area contributed by atoms with Crippen molar-refractivity contribution >= 4 is 12.1 Å². The second kappa shape index (κ2) is 11.1. The van der Waals surface area contributed by atoms with Crippen LogP contribution in [0.15, 0.2) is 47.7 Å². The van der Waals surface area contributed by atoms with E-state index in [1.807, 2.05) is 75.1 Å². The third-order valence-electron chi connectivity index (χ3n) is 3.73. The van der Waals surface area contributed by atoms with Crippen LogP contribution in [0.4, 0.5) is 4.79 Å². The molecule has 1 aromatic heterocycles. The van der Waals surface area contributed by atoms with Gasteiger partial charge in [0, 0.05) is 31.4 Å². The van der Waals surface area contributed by atoms with Crippen molar-refractivity contribution in [1.29, 1.82) is 0 Å². The van der Waals surface area contributed by atoms with Crippen LogP contribution in [0.5, 0.6) is 0 Å². The summed E-state index contributed by atoms with van der Waals surface area (Å²) in [7, 11) is 0. The fourth-order valence-electron chi connectivity index (χ4n) is 2.48. The molecule has 0 unspecified atom stereocenters. The zero-order valence-electron chi connectivity index (χ0n) is 17.7. The van der Waals surface area contributed by atoms with E-state index in [4.69, 9.17) is 4.74 Å². The van der Waals surface area contributed by atoms with Gasteiger partial charge in [-0.3, -0.25) is 0 Å². The van der Waals surface area contributed by atoms with Crippen LogP contribution in [0.2, 0.25) is 0 Å². The summed E-state index contributed by atoms with van der Waals surface area (Å²) in [5.41, 5.74) is 1.56. The molecule has 2 rings (SSSR count). The first-order valence-corrected chi connectivity index (χ1v) is 9.95. The highest BCUT2D eigenvalue weighted by Gasteiger charge is 2.15. The minimum Gasteiger partial charge on any atom is -0.444 e. The Kier molecular flexibility index (Phi) is 8.51. The van der Waals surface area contributed by atoms with E-state index < -0.39 is 11.7 Å². The number of hydrogen-bond acceptors (Lipinski definition) is 4. The lowest BCUT2D eigenvalue weighted by Gasteiger charge is -2.19. The van der Waals surface area contributed by atoms with Crippen LogP contribution in [-0.2, 0) is 11.3 Å². The molecule has 0 saturated carbocycles. The van der Waals surface area contributed by atoms with Gasteiger partial charge in [0.2, 0.25) is 0 Å². The molecule has 29 heavy (non-hydrogen) atoms. The number of hydrogen-bond donors (Lipinski definition) is 3. The standard InChI is InChI=1S/C21H32N6O2/c1-5-22-19(23-12-9-13-24-20(28)29-21(2,3)4)25-14-17-15-26-27(16-17)18-10-7-6-8-11-18/h6-8,10-11,15-16H,5,9,12-14H2,1-4H3,(H,24,28)(H2,22,23,25). The Bertz CT molecular complexity index is 780. The number of para-hydroxylation sites is 1. The topological polar surface area (TPSA) is 92.6 Å². The second-order valence-electron chi connectivity index (χ2n) is 7.53. The molecule has 0 atom stereocenters. The number of amides is 1. The summed E-state index contributed by atoms with van der Waals surface area (Å²) in [5.74, 6) is 0.734. The number of carbonyl (C=O) groups is 1. The molecule has 0 aliphatic rings. The maximum atomic E-state index is 11.6. The van der Waals surface area contributed by atoms with Crippen molar-refractivity contribution in [2.45, 2.75) is 46.3 Å². The molecular weight excluding hydrogens is 368 g/mol. The average molecular weight is 401 g/mol. The molecule has 1 amide bonds. The van der Waals surface area contributed by atoms with Crippen LogP contribution in [0, 0.1) is 0 Å². The van der Waals surface area contributed by atoms with Crippen LogP contribution in [0.1, 0.15) is 39.7 Å². The second-order valence-corrected chi connectivity index (χ2v) is 7.53. The Balaban J connectivity index is 1.77. The Morgan fingerprint density at radius 3 is 2.55 bits per heavy atom. The minimum atomic E-state index is -0.485. The first-order chi connectivity index (χ1) is 13.9. The zero-order valence-corrected chi connectivity index (χ0v) is 17.7. The maximum Gasteiger partial charge on any atom is 0.407 e. The van der Waals surface area contributed by atoms with Crippen LogP contribution in [0.25, 0.3) is 5.69 Å². The van der Waals surface area contributed by atoms with E-state index in [0.29, 0.717) is 19.6 Å². The van der Waals surface area contributed by atoms with Gasteiger partial charge in [-0.2, -0.15) is 5.10 Å². The highest BCUT2D eigenvalue weighted by atomic mass is 16.6. The van der Waals surface area contributed by atoms with Gasteiger partial charge in [-0.05, 0) is 46.2 Å². The normalized spacial score (nSPS) is 11.8. The molecule has 0 radical (unpaired) electrons. The first-order valence-electron chi connectivity index (χ1n) is 9.95. The summed E-state index contributed by atoms with van der Waals surface area (Å²) < 4.78 is 7.05. The summed E-state index contributed by atoms with van der Waals surface area (Å²) in [6, 6.07) is 9.98. The lowest BCUT2D eigenvalue weighted by molar-refractivity contribution is 0.0527. The molecule has 1 heterocycles. The lowest BCUT2D eigenvalue weighted by Crippen LogP contribution is -2.39. The Morgan fingerprint density at radius 1 is 1.14 bits per heavy atom. The molecular formula is C21H32N6O2. The van der Waals surface area contributed by atoms with Crippen LogP contribution < -0.4 is 16.0 Å². The number of aromatic nitrogens is 2. The van der Waals surface area contributed by atoms with Gasteiger partial charge in [0.05, 0.1) is 18.4 Å². The van der Waals surface area contributed by atoms with Crippen molar-refractivity contribution < 1.29 is 9.53 Å². The quantitative estimate of drug-likeness (QED) is 0.360. The molecule has 0 bridgehead atoms. The molecule has 0 fully saturated rings. The highest BCUT2D eigenvalue weighted by Crippen LogP contribution is 2.08. The zero-order chi connectivity index (χ0) is 21.1. The molecule has 158 valence electrons. The van der Waals surface area contributed by atoms with E-state index in [9.17, 15) is 4.79 Å². The summed E-state index contributed by atoms with van der Waals surface area (Å²) in [4.78, 5) is 16.2. The number of rotatable bonds is 8. The van der Waals surface area contributed by atoms with Gasteiger partial charge in [0.25, 0.3) is 0 Å². The number of nitrogens with zero attached hydrogens (tertiary/aromatic N) is 3. The third kappa shape index (κ3) is 8.68. The van der Waals surface area contributed by atoms with Crippen molar-refractivity contribution in [1.82, 2.24) is 25.7 Å². The molecule has 2 aromatic rings. The number of ether oxygens (including phenoxy) is 1. The Labute approximate surface area is 172 Å². The molecule has 0 spiro atoms. The van der Waals surface area contributed by atoms with Gasteiger partial charge in [-0.1, -0.05) is 18.2 Å². The third-order valence-corrected chi connectivity index (χ3v) is 3.73. The summed E-state index contributed by atoms with van der Waals surface area (Å²) in [6.07, 6.45) is 4.17. The number of benzene rings is 1. The molecule has 8 heteroatoms. The van der Waals surface area contributed by atoms with Crippen LogP contribution in [0.3, 0.4) is 0 Å². The average Bonchev–Trinajstić information content (AvgIpc) is 3.14.